The van der Waals surface area contributed by atoms with Crippen LogP contribution in [0.3, 0.4) is 0 Å². The largest absolute Gasteiger partial charge is 0.205 e. The molecule has 2 atom stereocenters. The Hall–Kier alpha value is -0.270. The van der Waals surface area contributed by atoms with Crippen LogP contribution in [0.2, 0.25) is 5.02 Å². The number of hydrogen-bond donors (Lipinski definition) is 0. The Bertz CT molecular complexity index is 378. The first-order valence-corrected chi connectivity index (χ1v) is 7.05. The van der Waals surface area contributed by atoms with Gasteiger partial charge in [-0.05, 0) is 36.8 Å². The maximum atomic E-state index is 13.8. The van der Waals surface area contributed by atoms with Gasteiger partial charge in [0.05, 0.1) is 5.02 Å². The minimum Gasteiger partial charge on any atom is -0.205 e. The van der Waals surface area contributed by atoms with Crippen molar-refractivity contribution in [1.29, 1.82) is 0 Å². The molecule has 2 unspecified atom stereocenters. The van der Waals surface area contributed by atoms with Gasteiger partial charge in [0.1, 0.15) is 5.82 Å². The van der Waals surface area contributed by atoms with Crippen molar-refractivity contribution in [2.45, 2.75) is 43.9 Å². The molecule has 0 saturated heterocycles. The molecule has 2 rings (SSSR count). The number of alkyl halides is 1. The van der Waals surface area contributed by atoms with Gasteiger partial charge in [-0.3, -0.25) is 0 Å². The first-order chi connectivity index (χ1) is 8.16. The summed E-state index contributed by atoms with van der Waals surface area (Å²) in [5.74, 6) is 0.234. The number of benzene rings is 1. The fourth-order valence-corrected chi connectivity index (χ4v) is 3.20. The molecule has 0 bridgehead atoms. The van der Waals surface area contributed by atoms with Crippen LogP contribution in [0.25, 0.3) is 0 Å². The molecule has 0 aliphatic heterocycles. The third-order valence-corrected chi connectivity index (χ3v) is 4.20. The maximum absolute atomic E-state index is 13.8. The van der Waals surface area contributed by atoms with Gasteiger partial charge in [0.2, 0.25) is 0 Å². The predicted octanol–water partition coefficient (Wildman–Crippen LogP) is 5.21. The molecule has 1 fully saturated rings. The third kappa shape index (κ3) is 3.59. The second-order valence-corrected chi connectivity index (χ2v) is 5.92. The molecule has 1 aromatic carbocycles. The molecule has 3 heteroatoms. The monoisotopic (exact) mass is 274 g/mol. The zero-order valence-corrected chi connectivity index (χ0v) is 11.3. The van der Waals surface area contributed by atoms with E-state index in [-0.39, 0.29) is 16.2 Å². The summed E-state index contributed by atoms with van der Waals surface area (Å²) in [6.07, 6.45) is 6.40. The van der Waals surface area contributed by atoms with Gasteiger partial charge in [-0.15, -0.1) is 11.6 Å². The fraction of sp³-hybridized carbons (Fsp3) is 0.571. The van der Waals surface area contributed by atoms with Crippen molar-refractivity contribution < 1.29 is 4.39 Å². The van der Waals surface area contributed by atoms with Crippen LogP contribution in [-0.4, -0.2) is 5.38 Å². The lowest BCUT2D eigenvalue weighted by Gasteiger charge is -2.16. The van der Waals surface area contributed by atoms with Gasteiger partial charge < -0.3 is 0 Å². The summed E-state index contributed by atoms with van der Waals surface area (Å²) in [6.45, 7) is 0. The molecule has 1 aliphatic rings. The summed E-state index contributed by atoms with van der Waals surface area (Å²) in [6, 6.07) is 5.24. The molecule has 17 heavy (non-hydrogen) atoms. The average Bonchev–Trinajstić information content (AvgIpc) is 2.49. The topological polar surface area (TPSA) is 0 Å². The van der Waals surface area contributed by atoms with E-state index in [2.05, 4.69) is 0 Å². The average molecular weight is 275 g/mol. The van der Waals surface area contributed by atoms with Gasteiger partial charge in [-0.2, -0.15) is 0 Å². The van der Waals surface area contributed by atoms with E-state index in [1.807, 2.05) is 12.1 Å². The van der Waals surface area contributed by atoms with E-state index in [4.69, 9.17) is 23.2 Å². The molecular weight excluding hydrogens is 258 g/mol. The third-order valence-electron chi connectivity index (χ3n) is 3.51. The van der Waals surface area contributed by atoms with Crippen molar-refractivity contribution in [3.05, 3.63) is 34.6 Å². The predicted molar refractivity (Wildman–Crippen MR) is 71.3 cm³/mol. The van der Waals surface area contributed by atoms with Crippen molar-refractivity contribution in [2.24, 2.45) is 5.92 Å². The minimum atomic E-state index is -0.260. The Balaban J connectivity index is 2.06. The lowest BCUT2D eigenvalue weighted by molar-refractivity contribution is 0.450. The molecule has 1 aliphatic carbocycles. The van der Waals surface area contributed by atoms with E-state index in [9.17, 15) is 4.39 Å². The summed E-state index contributed by atoms with van der Waals surface area (Å²) in [5, 5.41) is 0.475. The fourth-order valence-electron chi connectivity index (χ4n) is 2.60. The normalized spacial score (nSPS) is 25.6. The zero-order chi connectivity index (χ0) is 12.3. The van der Waals surface area contributed by atoms with E-state index < -0.39 is 0 Å². The Morgan fingerprint density at radius 2 is 2.00 bits per heavy atom. The molecule has 94 valence electrons. The van der Waals surface area contributed by atoms with Gasteiger partial charge in [-0.1, -0.05) is 43.0 Å². The summed E-state index contributed by atoms with van der Waals surface area (Å²) >= 11 is 12.0. The highest BCUT2D eigenvalue weighted by molar-refractivity contribution is 6.30. The molecule has 0 nitrogen and oxygen atoms in total. The van der Waals surface area contributed by atoms with Crippen LogP contribution in [0.4, 0.5) is 4.39 Å². The second kappa shape index (κ2) is 6.06. The molecule has 0 N–H and O–H groups in total. The first-order valence-electron chi connectivity index (χ1n) is 6.23. The van der Waals surface area contributed by atoms with Gasteiger partial charge >= 0.3 is 0 Å². The lowest BCUT2D eigenvalue weighted by Crippen LogP contribution is -2.09. The molecule has 0 radical (unpaired) electrons. The molecule has 0 heterocycles. The van der Waals surface area contributed by atoms with E-state index in [1.54, 1.807) is 6.07 Å². The highest BCUT2D eigenvalue weighted by Crippen LogP contribution is 2.30. The number of rotatable bonds is 2. The van der Waals surface area contributed by atoms with Crippen molar-refractivity contribution in [3.63, 3.8) is 0 Å². The Labute approximate surface area is 112 Å². The van der Waals surface area contributed by atoms with Gasteiger partial charge in [0, 0.05) is 5.38 Å². The van der Waals surface area contributed by atoms with Gasteiger partial charge in [0.15, 0.2) is 0 Å². The summed E-state index contributed by atoms with van der Waals surface area (Å²) < 4.78 is 13.8. The summed E-state index contributed by atoms with van der Waals surface area (Å²) in [4.78, 5) is 0. The van der Waals surface area contributed by atoms with Gasteiger partial charge in [0.25, 0.3) is 0 Å². The van der Waals surface area contributed by atoms with E-state index in [1.165, 1.54) is 12.8 Å². The van der Waals surface area contributed by atoms with E-state index in [0.717, 1.165) is 31.2 Å². The Kier molecular flexibility index (Phi) is 4.69. The SMILES string of the molecule is Fc1c(Cl)cccc1CC1CCCCC(Cl)C1. The number of halogens is 3. The van der Waals surface area contributed by atoms with Crippen LogP contribution in [0.1, 0.15) is 37.7 Å². The molecule has 0 aromatic heterocycles. The van der Waals surface area contributed by atoms with Crippen molar-refractivity contribution in [3.8, 4) is 0 Å². The van der Waals surface area contributed by atoms with Crippen LogP contribution in [0.5, 0.6) is 0 Å². The van der Waals surface area contributed by atoms with Crippen LogP contribution < -0.4 is 0 Å². The highest BCUT2D eigenvalue weighted by Gasteiger charge is 2.20. The quantitative estimate of drug-likeness (QED) is 0.513. The summed E-state index contributed by atoms with van der Waals surface area (Å²) in [7, 11) is 0. The molecule has 1 saturated carbocycles. The van der Waals surface area contributed by atoms with Crippen LogP contribution in [0.15, 0.2) is 18.2 Å². The first kappa shape index (κ1) is 13.2. The summed E-state index contributed by atoms with van der Waals surface area (Å²) in [5.41, 5.74) is 0.730. The number of hydrogen-bond acceptors (Lipinski definition) is 0. The molecule has 1 aromatic rings. The standard InChI is InChI=1S/C14H17Cl2F/c15-12-6-2-1-4-10(9-12)8-11-5-3-7-13(16)14(11)17/h3,5,7,10,12H,1-2,4,6,8-9H2. The van der Waals surface area contributed by atoms with Gasteiger partial charge in [-0.25, -0.2) is 4.39 Å². The Morgan fingerprint density at radius 1 is 1.24 bits per heavy atom. The smallest absolute Gasteiger partial charge is 0.144 e. The second-order valence-electron chi connectivity index (χ2n) is 4.90. The van der Waals surface area contributed by atoms with Crippen LogP contribution >= 0.6 is 23.2 Å². The van der Waals surface area contributed by atoms with Crippen molar-refractivity contribution in [2.75, 3.05) is 0 Å². The zero-order valence-electron chi connectivity index (χ0n) is 9.76. The van der Waals surface area contributed by atoms with E-state index in [0.29, 0.717) is 5.92 Å². The highest BCUT2D eigenvalue weighted by atomic mass is 35.5. The van der Waals surface area contributed by atoms with Crippen LogP contribution in [-0.2, 0) is 6.42 Å². The van der Waals surface area contributed by atoms with Crippen molar-refractivity contribution >= 4 is 23.2 Å². The molecule has 0 amide bonds. The lowest BCUT2D eigenvalue weighted by atomic mass is 9.92. The van der Waals surface area contributed by atoms with Crippen molar-refractivity contribution in [1.82, 2.24) is 0 Å². The van der Waals surface area contributed by atoms with E-state index >= 15 is 0 Å². The minimum absolute atomic E-state index is 0.221. The Morgan fingerprint density at radius 3 is 2.82 bits per heavy atom. The molecular formula is C14H17Cl2F. The van der Waals surface area contributed by atoms with Crippen LogP contribution in [0, 0.1) is 11.7 Å². The molecule has 0 spiro atoms. The maximum Gasteiger partial charge on any atom is 0.144 e.